The summed E-state index contributed by atoms with van der Waals surface area (Å²) < 4.78 is 15.7. The number of hydrogen-bond acceptors (Lipinski definition) is 6. The van der Waals surface area contributed by atoms with E-state index in [0.29, 0.717) is 36.6 Å². The third-order valence-electron chi connectivity index (χ3n) is 8.53. The van der Waals surface area contributed by atoms with Crippen molar-refractivity contribution in [2.75, 3.05) is 16.8 Å². The molecule has 0 saturated heterocycles. The maximum absolute atomic E-state index is 15.7. The van der Waals surface area contributed by atoms with E-state index in [2.05, 4.69) is 9.97 Å². The number of carbonyl (C=O) groups excluding carboxylic acids is 2. The molecule has 1 aromatic carbocycles. The van der Waals surface area contributed by atoms with E-state index in [0.717, 1.165) is 66.6 Å². The second kappa shape index (κ2) is 11.3. The van der Waals surface area contributed by atoms with Gasteiger partial charge in [0, 0.05) is 42.8 Å². The van der Waals surface area contributed by atoms with Crippen molar-refractivity contribution in [2.45, 2.75) is 70.3 Å². The van der Waals surface area contributed by atoms with Crippen molar-refractivity contribution in [2.24, 2.45) is 11.8 Å². The largest absolute Gasteiger partial charge is 0.481 e. The summed E-state index contributed by atoms with van der Waals surface area (Å²) in [7, 11) is 1.72. The number of nitrogens with zero attached hydrogens (tertiary/aromatic N) is 4. The van der Waals surface area contributed by atoms with Crippen molar-refractivity contribution in [3.05, 3.63) is 47.2 Å². The summed E-state index contributed by atoms with van der Waals surface area (Å²) in [5, 5.41) is 9.37. The van der Waals surface area contributed by atoms with E-state index < -0.39 is 17.0 Å². The minimum atomic E-state index is -0.994. The standard InChI is InChI=1S/C31H33FN4O4S/c1-35-25(37)13-10-19-15-21(17-33-29(19)35)23-8-4-5-9-24(23)27-28(32)41-31(34-27)36(22-11-12-22)30(40)20(16-26(38)39)14-18-6-2-3-7-18/h4-5,8-9,15,17-18,20,22H,2-3,6-7,10-14,16H2,1H3,(H,38,39)/t20-/m1/s1. The topological polar surface area (TPSA) is 104 Å². The number of fused-ring (bicyclic) bond motifs is 1. The molecule has 8 nitrogen and oxygen atoms in total. The van der Waals surface area contributed by atoms with E-state index in [1.807, 2.05) is 30.3 Å². The van der Waals surface area contributed by atoms with Crippen LogP contribution in [-0.2, 0) is 20.8 Å². The molecule has 3 aromatic rings. The Morgan fingerprint density at radius 1 is 1.15 bits per heavy atom. The molecular formula is C31H33FN4O4S. The van der Waals surface area contributed by atoms with Crippen molar-refractivity contribution in [1.82, 2.24) is 9.97 Å². The van der Waals surface area contributed by atoms with E-state index in [4.69, 9.17) is 0 Å². The number of aryl methyl sites for hydroxylation is 1. The van der Waals surface area contributed by atoms with Gasteiger partial charge >= 0.3 is 5.97 Å². The number of anilines is 2. The number of amides is 2. The average molecular weight is 577 g/mol. The Morgan fingerprint density at radius 3 is 2.59 bits per heavy atom. The van der Waals surface area contributed by atoms with Gasteiger partial charge in [-0.05, 0) is 48.8 Å². The van der Waals surface area contributed by atoms with Gasteiger partial charge in [-0.1, -0.05) is 61.3 Å². The quantitative estimate of drug-likeness (QED) is 0.331. The van der Waals surface area contributed by atoms with E-state index in [1.165, 1.54) is 0 Å². The predicted octanol–water partition coefficient (Wildman–Crippen LogP) is 6.09. The Balaban J connectivity index is 1.33. The van der Waals surface area contributed by atoms with Crippen LogP contribution in [0.2, 0.25) is 0 Å². The summed E-state index contributed by atoms with van der Waals surface area (Å²) in [6.07, 6.45) is 8.85. The Bertz CT molecular complexity index is 1500. The number of thiazole rings is 1. The van der Waals surface area contributed by atoms with Crippen LogP contribution in [0.3, 0.4) is 0 Å². The molecule has 1 atom stereocenters. The third-order valence-corrected chi connectivity index (χ3v) is 9.37. The molecule has 6 rings (SSSR count). The Hall–Kier alpha value is -3.66. The molecule has 2 saturated carbocycles. The number of aromatic nitrogens is 2. The first-order valence-electron chi connectivity index (χ1n) is 14.4. The number of pyridine rings is 1. The van der Waals surface area contributed by atoms with Crippen molar-refractivity contribution >= 4 is 40.1 Å². The molecule has 2 aromatic heterocycles. The molecule has 3 heterocycles. The monoisotopic (exact) mass is 576 g/mol. The Morgan fingerprint density at radius 2 is 1.88 bits per heavy atom. The number of aliphatic carboxylic acids is 1. The van der Waals surface area contributed by atoms with Crippen molar-refractivity contribution in [3.63, 3.8) is 0 Å². The van der Waals surface area contributed by atoms with E-state index in [9.17, 15) is 19.5 Å². The van der Waals surface area contributed by atoms with Crippen LogP contribution in [0.5, 0.6) is 0 Å². The maximum Gasteiger partial charge on any atom is 0.304 e. The maximum atomic E-state index is 15.7. The average Bonchev–Trinajstić information content (AvgIpc) is 3.51. The fourth-order valence-corrected chi connectivity index (χ4v) is 7.14. The zero-order chi connectivity index (χ0) is 28.7. The first-order chi connectivity index (χ1) is 19.8. The first-order valence-corrected chi connectivity index (χ1v) is 15.2. The third kappa shape index (κ3) is 5.62. The summed E-state index contributed by atoms with van der Waals surface area (Å²) in [6, 6.07) is 9.31. The summed E-state index contributed by atoms with van der Waals surface area (Å²) in [6.45, 7) is 0. The van der Waals surface area contributed by atoms with Gasteiger partial charge in [-0.3, -0.25) is 24.2 Å². The Kier molecular flexibility index (Phi) is 7.59. The highest BCUT2D eigenvalue weighted by molar-refractivity contribution is 7.14. The Labute approximate surface area is 242 Å². The molecule has 3 aliphatic rings. The lowest BCUT2D eigenvalue weighted by atomic mass is 9.90. The van der Waals surface area contributed by atoms with Crippen LogP contribution in [0.15, 0.2) is 36.5 Å². The van der Waals surface area contributed by atoms with Gasteiger partial charge in [0.15, 0.2) is 5.13 Å². The lowest BCUT2D eigenvalue weighted by molar-refractivity contribution is -0.141. The van der Waals surface area contributed by atoms with Crippen LogP contribution in [0, 0.1) is 17.0 Å². The fraction of sp³-hybridized carbons (Fsp3) is 0.452. The minimum absolute atomic E-state index is 0.0267. The first kappa shape index (κ1) is 27.5. The highest BCUT2D eigenvalue weighted by Gasteiger charge is 2.40. The molecule has 2 fully saturated rings. The van der Waals surface area contributed by atoms with Gasteiger partial charge in [-0.25, -0.2) is 9.97 Å². The van der Waals surface area contributed by atoms with Crippen LogP contribution in [-0.4, -0.2) is 45.9 Å². The predicted molar refractivity (Wildman–Crippen MR) is 155 cm³/mol. The van der Waals surface area contributed by atoms with Gasteiger partial charge in [-0.15, -0.1) is 0 Å². The molecular weight excluding hydrogens is 543 g/mol. The highest BCUT2D eigenvalue weighted by atomic mass is 32.1. The van der Waals surface area contributed by atoms with Gasteiger partial charge in [0.05, 0.1) is 6.42 Å². The number of halogens is 1. The number of rotatable bonds is 9. The molecule has 1 N–H and O–H groups in total. The van der Waals surface area contributed by atoms with E-state index in [-0.39, 0.29) is 35.1 Å². The number of carboxylic acid groups (broad SMARTS) is 1. The van der Waals surface area contributed by atoms with Gasteiger partial charge < -0.3 is 5.11 Å². The smallest absolute Gasteiger partial charge is 0.304 e. The lowest BCUT2D eigenvalue weighted by Gasteiger charge is -2.26. The van der Waals surface area contributed by atoms with Crippen LogP contribution in [0.1, 0.15) is 63.4 Å². The number of benzene rings is 1. The molecule has 41 heavy (non-hydrogen) atoms. The summed E-state index contributed by atoms with van der Waals surface area (Å²) in [5.74, 6) is -0.886. The van der Waals surface area contributed by atoms with Gasteiger partial charge in [0.2, 0.25) is 16.9 Å². The zero-order valence-corrected chi connectivity index (χ0v) is 23.8. The molecule has 214 valence electrons. The molecule has 2 aliphatic carbocycles. The van der Waals surface area contributed by atoms with Gasteiger partial charge in [0.1, 0.15) is 11.5 Å². The highest BCUT2D eigenvalue weighted by Crippen LogP contribution is 2.42. The SMILES string of the molecule is CN1C(=O)CCc2cc(-c3ccccc3-c3nc(N(C(=O)[C@@H](CC(=O)O)CC4CCCC4)C4CC4)sc3F)cnc21. The van der Waals surface area contributed by atoms with Crippen LogP contribution < -0.4 is 9.80 Å². The van der Waals surface area contributed by atoms with Gasteiger partial charge in [0.25, 0.3) is 0 Å². The second-order valence-electron chi connectivity index (χ2n) is 11.4. The van der Waals surface area contributed by atoms with Gasteiger partial charge in [-0.2, -0.15) is 4.39 Å². The molecule has 0 unspecified atom stereocenters. The molecule has 0 radical (unpaired) electrons. The summed E-state index contributed by atoms with van der Waals surface area (Å²) in [4.78, 5) is 50.0. The number of carboxylic acids is 1. The fourth-order valence-electron chi connectivity index (χ4n) is 6.26. The molecule has 0 spiro atoms. The van der Waals surface area contributed by atoms with Crippen molar-refractivity contribution in [1.29, 1.82) is 0 Å². The molecule has 0 bridgehead atoms. The van der Waals surface area contributed by atoms with E-state index >= 15 is 4.39 Å². The molecule has 1 aliphatic heterocycles. The number of hydrogen-bond donors (Lipinski definition) is 1. The van der Waals surface area contributed by atoms with E-state index in [1.54, 1.807) is 23.0 Å². The zero-order valence-electron chi connectivity index (χ0n) is 23.0. The summed E-state index contributed by atoms with van der Waals surface area (Å²) >= 11 is 0.840. The minimum Gasteiger partial charge on any atom is -0.481 e. The van der Waals surface area contributed by atoms with Crippen LogP contribution in [0.4, 0.5) is 15.3 Å². The van der Waals surface area contributed by atoms with Crippen LogP contribution >= 0.6 is 11.3 Å². The second-order valence-corrected chi connectivity index (χ2v) is 12.4. The normalized spacial score (nSPS) is 17.9. The summed E-state index contributed by atoms with van der Waals surface area (Å²) in [5.41, 5.74) is 3.26. The van der Waals surface area contributed by atoms with Crippen molar-refractivity contribution < 1.29 is 23.9 Å². The molecule has 2 amide bonds. The lowest BCUT2D eigenvalue weighted by Crippen LogP contribution is -2.39. The van der Waals surface area contributed by atoms with Crippen LogP contribution in [0.25, 0.3) is 22.4 Å². The molecule has 10 heteroatoms. The van der Waals surface area contributed by atoms with Crippen molar-refractivity contribution in [3.8, 4) is 22.4 Å². The number of carbonyl (C=O) groups is 3.